The number of hydrogen-bond donors (Lipinski definition) is 0. The van der Waals surface area contributed by atoms with Crippen molar-refractivity contribution in [3.63, 3.8) is 0 Å². The Kier molecular flexibility index (Phi) is 6.74. The third-order valence-corrected chi connectivity index (χ3v) is 3.04. The second kappa shape index (κ2) is 7.27. The van der Waals surface area contributed by atoms with Gasteiger partial charge in [-0.05, 0) is 26.3 Å². The molecule has 0 aliphatic heterocycles. The Morgan fingerprint density at radius 3 is 2.21 bits per heavy atom. The normalized spacial score (nSPS) is 11.3. The van der Waals surface area contributed by atoms with E-state index in [0.717, 1.165) is 6.42 Å². The van der Waals surface area contributed by atoms with E-state index in [1.807, 2.05) is 46.8 Å². The van der Waals surface area contributed by atoms with Gasteiger partial charge in [0.15, 0.2) is 11.4 Å². The predicted molar refractivity (Wildman–Crippen MR) is 79.4 cm³/mol. The van der Waals surface area contributed by atoms with Gasteiger partial charge in [0.25, 0.3) is 0 Å². The first-order valence-electron chi connectivity index (χ1n) is 6.94. The van der Waals surface area contributed by atoms with E-state index in [4.69, 9.17) is 4.74 Å². The molecule has 0 bridgehead atoms. The van der Waals surface area contributed by atoms with Gasteiger partial charge in [-0.3, -0.25) is 4.79 Å². The van der Waals surface area contributed by atoms with E-state index in [0.29, 0.717) is 5.88 Å². The van der Waals surface area contributed by atoms with E-state index >= 15 is 0 Å². The first-order chi connectivity index (χ1) is 8.79. The molecular formula is C16H27NO2. The zero-order valence-corrected chi connectivity index (χ0v) is 13.3. The van der Waals surface area contributed by atoms with Crippen molar-refractivity contribution in [2.24, 2.45) is 5.41 Å². The van der Waals surface area contributed by atoms with Gasteiger partial charge in [0.2, 0.25) is 5.88 Å². The lowest BCUT2D eigenvalue weighted by Crippen LogP contribution is -2.46. The Morgan fingerprint density at radius 2 is 1.79 bits per heavy atom. The van der Waals surface area contributed by atoms with Crippen LogP contribution in [0.4, 0.5) is 0 Å². The molecule has 0 aliphatic carbocycles. The summed E-state index contributed by atoms with van der Waals surface area (Å²) in [6.45, 7) is 13.5. The lowest BCUT2D eigenvalue weighted by atomic mass is 9.78. The molecule has 3 nitrogen and oxygen atoms in total. The molecule has 0 aromatic carbocycles. The molecule has 108 valence electrons. The minimum absolute atomic E-state index is 0.0955. The smallest absolute Gasteiger partial charge is 0.214 e. The van der Waals surface area contributed by atoms with Crippen LogP contribution in [0.15, 0.2) is 24.4 Å². The highest BCUT2D eigenvalue weighted by molar-refractivity contribution is 5.91. The predicted octanol–water partition coefficient (Wildman–Crippen LogP) is 4.27. The summed E-state index contributed by atoms with van der Waals surface area (Å²) in [4.78, 5) is 16.4. The monoisotopic (exact) mass is 265 g/mol. The molecule has 1 aromatic rings. The molecule has 0 atom stereocenters. The highest BCUT2D eigenvalue weighted by Crippen LogP contribution is 2.29. The quantitative estimate of drug-likeness (QED) is 0.798. The molecule has 0 aliphatic rings. The van der Waals surface area contributed by atoms with Gasteiger partial charge in [-0.25, -0.2) is 4.98 Å². The highest BCUT2D eigenvalue weighted by Gasteiger charge is 2.39. The van der Waals surface area contributed by atoms with Crippen LogP contribution in [-0.4, -0.2) is 16.4 Å². The van der Waals surface area contributed by atoms with Gasteiger partial charge in [0.1, 0.15) is 0 Å². The zero-order chi connectivity index (χ0) is 15.1. The number of rotatable bonds is 5. The van der Waals surface area contributed by atoms with Crippen molar-refractivity contribution in [3.05, 3.63) is 24.4 Å². The van der Waals surface area contributed by atoms with Crippen LogP contribution in [0.25, 0.3) is 0 Å². The van der Waals surface area contributed by atoms with Crippen LogP contribution in [0.3, 0.4) is 0 Å². The topological polar surface area (TPSA) is 39.2 Å². The van der Waals surface area contributed by atoms with Gasteiger partial charge >= 0.3 is 0 Å². The Balaban J connectivity index is 0.00000154. The van der Waals surface area contributed by atoms with Gasteiger partial charge < -0.3 is 4.74 Å². The molecule has 0 N–H and O–H groups in total. The van der Waals surface area contributed by atoms with Crippen LogP contribution >= 0.6 is 0 Å². The van der Waals surface area contributed by atoms with Crippen molar-refractivity contribution in [3.8, 4) is 5.88 Å². The third-order valence-electron chi connectivity index (χ3n) is 3.04. The molecule has 0 radical (unpaired) electrons. The summed E-state index contributed by atoms with van der Waals surface area (Å²) in [6.07, 6.45) is 2.45. The number of pyridine rings is 1. The van der Waals surface area contributed by atoms with E-state index < -0.39 is 5.60 Å². The summed E-state index contributed by atoms with van der Waals surface area (Å²) in [7, 11) is 0. The average molecular weight is 265 g/mol. The summed E-state index contributed by atoms with van der Waals surface area (Å²) in [5.74, 6) is 0.580. The van der Waals surface area contributed by atoms with Crippen LogP contribution in [-0.2, 0) is 4.79 Å². The maximum Gasteiger partial charge on any atom is 0.214 e. The Morgan fingerprint density at radius 1 is 1.21 bits per heavy atom. The van der Waals surface area contributed by atoms with Crippen molar-refractivity contribution in [1.82, 2.24) is 4.98 Å². The molecule has 0 saturated carbocycles. The van der Waals surface area contributed by atoms with Crippen LogP contribution in [0, 0.1) is 5.41 Å². The SMILES string of the molecule is CC.CCC(C)(C)C(=O)C(C)(C)Oc1ccccn1. The molecule has 0 amide bonds. The molecule has 1 heterocycles. The van der Waals surface area contributed by atoms with Crippen molar-refractivity contribution in [1.29, 1.82) is 0 Å². The molecule has 1 aromatic heterocycles. The number of ether oxygens (including phenoxy) is 1. The summed E-state index contributed by atoms with van der Waals surface area (Å²) in [5.41, 5.74) is -1.23. The molecule has 0 spiro atoms. The van der Waals surface area contributed by atoms with E-state index in [-0.39, 0.29) is 11.2 Å². The Hall–Kier alpha value is -1.38. The molecular weight excluding hydrogens is 238 g/mol. The average Bonchev–Trinajstić information content (AvgIpc) is 2.40. The molecule has 0 saturated heterocycles. The number of nitrogens with zero attached hydrogens (tertiary/aromatic N) is 1. The van der Waals surface area contributed by atoms with Crippen molar-refractivity contribution in [2.75, 3.05) is 0 Å². The van der Waals surface area contributed by atoms with Crippen LogP contribution in [0.5, 0.6) is 5.88 Å². The van der Waals surface area contributed by atoms with E-state index in [1.165, 1.54) is 0 Å². The molecule has 0 unspecified atom stereocenters. The second-order valence-electron chi connectivity index (χ2n) is 5.35. The largest absolute Gasteiger partial charge is 0.464 e. The standard InChI is InChI=1S/C14H21NO2.C2H6/c1-6-13(2,3)12(16)14(4,5)17-11-9-7-8-10-15-11;1-2/h7-10H,6H2,1-5H3;1-2H3. The van der Waals surface area contributed by atoms with Gasteiger partial charge in [-0.15, -0.1) is 0 Å². The lowest BCUT2D eigenvalue weighted by molar-refractivity contribution is -0.141. The highest BCUT2D eigenvalue weighted by atomic mass is 16.5. The number of aromatic nitrogens is 1. The summed E-state index contributed by atoms with van der Waals surface area (Å²) < 4.78 is 5.69. The zero-order valence-electron chi connectivity index (χ0n) is 13.3. The second-order valence-corrected chi connectivity index (χ2v) is 5.35. The van der Waals surface area contributed by atoms with Crippen molar-refractivity contribution < 1.29 is 9.53 Å². The van der Waals surface area contributed by atoms with E-state index in [1.54, 1.807) is 26.1 Å². The van der Waals surface area contributed by atoms with Gasteiger partial charge in [0, 0.05) is 17.7 Å². The Labute approximate surface area is 117 Å². The molecule has 1 rings (SSSR count). The lowest BCUT2D eigenvalue weighted by Gasteiger charge is -2.32. The van der Waals surface area contributed by atoms with Gasteiger partial charge in [-0.2, -0.15) is 0 Å². The maximum absolute atomic E-state index is 12.4. The first-order valence-corrected chi connectivity index (χ1v) is 6.94. The van der Waals surface area contributed by atoms with Crippen molar-refractivity contribution >= 4 is 5.78 Å². The first kappa shape index (κ1) is 17.6. The number of Topliss-reactive ketones (excluding diaryl/α,β-unsaturated/α-hetero) is 1. The summed E-state index contributed by atoms with van der Waals surface area (Å²) >= 11 is 0. The van der Waals surface area contributed by atoms with Crippen LogP contribution < -0.4 is 4.74 Å². The fourth-order valence-electron chi connectivity index (χ4n) is 1.69. The van der Waals surface area contributed by atoms with Gasteiger partial charge in [-0.1, -0.05) is 40.7 Å². The van der Waals surface area contributed by atoms with Crippen molar-refractivity contribution in [2.45, 2.75) is 60.5 Å². The van der Waals surface area contributed by atoms with Gasteiger partial charge in [0.05, 0.1) is 0 Å². The third kappa shape index (κ3) is 5.01. The molecule has 0 fully saturated rings. The maximum atomic E-state index is 12.4. The summed E-state index contributed by atoms with van der Waals surface area (Å²) in [5, 5.41) is 0. The fourth-order valence-corrected chi connectivity index (χ4v) is 1.69. The number of ketones is 1. The van der Waals surface area contributed by atoms with E-state index in [9.17, 15) is 4.79 Å². The number of carbonyl (C=O) groups is 1. The van der Waals surface area contributed by atoms with Crippen LogP contribution in [0.2, 0.25) is 0 Å². The minimum Gasteiger partial charge on any atom is -0.464 e. The van der Waals surface area contributed by atoms with Crippen LogP contribution in [0.1, 0.15) is 54.9 Å². The summed E-state index contributed by atoms with van der Waals surface area (Å²) in [6, 6.07) is 5.42. The fraction of sp³-hybridized carbons (Fsp3) is 0.625. The number of hydrogen-bond acceptors (Lipinski definition) is 3. The number of carbonyl (C=O) groups excluding carboxylic acids is 1. The minimum atomic E-state index is -0.853. The molecule has 3 heteroatoms. The van der Waals surface area contributed by atoms with E-state index in [2.05, 4.69) is 4.98 Å². The Bertz CT molecular complexity index is 383. The molecule has 19 heavy (non-hydrogen) atoms.